The van der Waals surface area contributed by atoms with Gasteiger partial charge in [-0.15, -0.1) is 0 Å². The summed E-state index contributed by atoms with van der Waals surface area (Å²) in [6.45, 7) is 0. The number of nitrogens with zero attached hydrogens (tertiary/aromatic N) is 2. The molecule has 3 heteroatoms. The predicted octanol–water partition coefficient (Wildman–Crippen LogP) is 1.31. The van der Waals surface area contributed by atoms with E-state index >= 15 is 0 Å². The smallest absolute Gasteiger partial charge is 0.0540 e. The highest BCUT2D eigenvalue weighted by Gasteiger charge is 1.93. The van der Waals surface area contributed by atoms with Crippen LogP contribution >= 0.6 is 0 Å². The standard InChI is InChI=1S/C10H15N3/c1-11-12-8-9-4-6-10(7-5-9)13(2)3/h4-8,11H,1-3H3. The van der Waals surface area contributed by atoms with Crippen LogP contribution in [0.1, 0.15) is 5.56 Å². The number of nitrogens with one attached hydrogen (secondary N) is 1. The van der Waals surface area contributed by atoms with E-state index in [1.165, 1.54) is 5.69 Å². The van der Waals surface area contributed by atoms with Crippen LogP contribution in [0.5, 0.6) is 0 Å². The maximum Gasteiger partial charge on any atom is 0.0540 e. The number of benzene rings is 1. The summed E-state index contributed by atoms with van der Waals surface area (Å²) in [5.41, 5.74) is 5.01. The quantitative estimate of drug-likeness (QED) is 0.557. The van der Waals surface area contributed by atoms with Crippen molar-refractivity contribution in [2.45, 2.75) is 0 Å². The van der Waals surface area contributed by atoms with Crippen molar-refractivity contribution in [2.75, 3.05) is 26.0 Å². The zero-order valence-electron chi connectivity index (χ0n) is 8.28. The van der Waals surface area contributed by atoms with Gasteiger partial charge in [0.2, 0.25) is 0 Å². The summed E-state index contributed by atoms with van der Waals surface area (Å²) >= 11 is 0. The number of anilines is 1. The summed E-state index contributed by atoms with van der Waals surface area (Å²) < 4.78 is 0. The van der Waals surface area contributed by atoms with E-state index in [9.17, 15) is 0 Å². The molecule has 0 aliphatic heterocycles. The molecule has 13 heavy (non-hydrogen) atoms. The first-order chi connectivity index (χ1) is 6.24. The Hall–Kier alpha value is -1.51. The highest BCUT2D eigenvalue weighted by Crippen LogP contribution is 2.10. The fourth-order valence-corrected chi connectivity index (χ4v) is 0.998. The van der Waals surface area contributed by atoms with Crippen LogP contribution in [0.25, 0.3) is 0 Å². The lowest BCUT2D eigenvalue weighted by Crippen LogP contribution is -2.08. The molecule has 0 saturated heterocycles. The van der Waals surface area contributed by atoms with Gasteiger partial charge in [-0.25, -0.2) is 0 Å². The van der Waals surface area contributed by atoms with Crippen LogP contribution in [0.2, 0.25) is 0 Å². The van der Waals surface area contributed by atoms with Crippen LogP contribution in [0.3, 0.4) is 0 Å². The number of hydrogen-bond donors (Lipinski definition) is 1. The molecule has 0 bridgehead atoms. The van der Waals surface area contributed by atoms with Gasteiger partial charge < -0.3 is 10.3 Å². The predicted molar refractivity (Wildman–Crippen MR) is 57.4 cm³/mol. The first-order valence-corrected chi connectivity index (χ1v) is 4.21. The summed E-state index contributed by atoms with van der Waals surface area (Å²) in [7, 11) is 5.83. The van der Waals surface area contributed by atoms with Gasteiger partial charge in [0.05, 0.1) is 6.21 Å². The van der Waals surface area contributed by atoms with Crippen molar-refractivity contribution in [1.29, 1.82) is 0 Å². The minimum Gasteiger partial charge on any atom is -0.378 e. The van der Waals surface area contributed by atoms with Gasteiger partial charge in [0.1, 0.15) is 0 Å². The Morgan fingerprint density at radius 1 is 1.23 bits per heavy atom. The Balaban J connectivity index is 2.75. The lowest BCUT2D eigenvalue weighted by Gasteiger charge is -2.11. The first-order valence-electron chi connectivity index (χ1n) is 4.21. The minimum absolute atomic E-state index is 1.10. The van der Waals surface area contributed by atoms with Crippen molar-refractivity contribution < 1.29 is 0 Å². The van der Waals surface area contributed by atoms with Gasteiger partial charge in [-0.2, -0.15) is 5.10 Å². The third-order valence-electron chi connectivity index (χ3n) is 1.75. The van der Waals surface area contributed by atoms with E-state index in [1.807, 2.05) is 26.2 Å². The minimum atomic E-state index is 1.10. The topological polar surface area (TPSA) is 27.6 Å². The molecule has 0 atom stereocenters. The second-order valence-corrected chi connectivity index (χ2v) is 2.97. The van der Waals surface area contributed by atoms with Crippen molar-refractivity contribution in [3.63, 3.8) is 0 Å². The monoisotopic (exact) mass is 177 g/mol. The molecule has 0 aromatic heterocycles. The highest BCUT2D eigenvalue weighted by molar-refractivity contribution is 5.80. The van der Waals surface area contributed by atoms with Crippen molar-refractivity contribution in [3.8, 4) is 0 Å². The van der Waals surface area contributed by atoms with Gasteiger partial charge in [-0.1, -0.05) is 12.1 Å². The molecule has 1 aromatic carbocycles. The van der Waals surface area contributed by atoms with Gasteiger partial charge >= 0.3 is 0 Å². The fraction of sp³-hybridized carbons (Fsp3) is 0.300. The Bertz CT molecular complexity index is 275. The molecule has 0 aliphatic rings. The van der Waals surface area contributed by atoms with E-state index in [0.29, 0.717) is 0 Å². The van der Waals surface area contributed by atoms with E-state index in [1.54, 1.807) is 13.3 Å². The third kappa shape index (κ3) is 2.78. The lowest BCUT2D eigenvalue weighted by molar-refractivity contribution is 0.908. The van der Waals surface area contributed by atoms with Crippen molar-refractivity contribution in [2.24, 2.45) is 5.10 Å². The van der Waals surface area contributed by atoms with Crippen molar-refractivity contribution >= 4 is 11.9 Å². The van der Waals surface area contributed by atoms with Crippen molar-refractivity contribution in [3.05, 3.63) is 29.8 Å². The largest absolute Gasteiger partial charge is 0.378 e. The molecule has 1 N–H and O–H groups in total. The Kier molecular flexibility index (Phi) is 3.31. The molecule has 0 spiro atoms. The molecule has 0 fully saturated rings. The maximum absolute atomic E-state index is 3.93. The number of hydrogen-bond acceptors (Lipinski definition) is 3. The molecule has 0 saturated carbocycles. The van der Waals surface area contributed by atoms with Crippen LogP contribution in [0.15, 0.2) is 29.4 Å². The molecule has 3 nitrogen and oxygen atoms in total. The molecule has 0 aliphatic carbocycles. The van der Waals surface area contributed by atoms with E-state index in [0.717, 1.165) is 5.56 Å². The zero-order valence-corrected chi connectivity index (χ0v) is 8.28. The molecule has 70 valence electrons. The van der Waals surface area contributed by atoms with E-state index in [4.69, 9.17) is 0 Å². The molecule has 0 unspecified atom stereocenters. The fourth-order valence-electron chi connectivity index (χ4n) is 0.998. The zero-order chi connectivity index (χ0) is 9.68. The molecule has 1 rings (SSSR count). The molecule has 0 amide bonds. The molecule has 1 aromatic rings. The number of hydrazone groups is 1. The SMILES string of the molecule is CNN=Cc1ccc(N(C)C)cc1. The summed E-state index contributed by atoms with van der Waals surface area (Å²) in [4.78, 5) is 2.07. The van der Waals surface area contributed by atoms with Crippen molar-refractivity contribution in [1.82, 2.24) is 5.43 Å². The second kappa shape index (κ2) is 4.50. The van der Waals surface area contributed by atoms with Gasteiger partial charge in [0, 0.05) is 26.8 Å². The maximum atomic E-state index is 3.93. The third-order valence-corrected chi connectivity index (χ3v) is 1.75. The average Bonchev–Trinajstić information content (AvgIpc) is 2.15. The first kappa shape index (κ1) is 9.58. The van der Waals surface area contributed by atoms with E-state index in [-0.39, 0.29) is 0 Å². The van der Waals surface area contributed by atoms with Crippen LogP contribution in [-0.2, 0) is 0 Å². The van der Waals surface area contributed by atoms with Gasteiger partial charge in [0.25, 0.3) is 0 Å². The van der Waals surface area contributed by atoms with Crippen LogP contribution in [0, 0.1) is 0 Å². The normalized spacial score (nSPS) is 10.4. The summed E-state index contributed by atoms with van der Waals surface area (Å²) in [6.07, 6.45) is 1.79. The molecular weight excluding hydrogens is 162 g/mol. The van der Waals surface area contributed by atoms with E-state index in [2.05, 4.69) is 27.6 Å². The molecule has 0 radical (unpaired) electrons. The summed E-state index contributed by atoms with van der Waals surface area (Å²) in [5, 5.41) is 3.93. The Morgan fingerprint density at radius 3 is 2.31 bits per heavy atom. The molecule has 0 heterocycles. The second-order valence-electron chi connectivity index (χ2n) is 2.97. The average molecular weight is 177 g/mol. The highest BCUT2D eigenvalue weighted by atomic mass is 15.3. The van der Waals surface area contributed by atoms with E-state index < -0.39 is 0 Å². The van der Waals surface area contributed by atoms with Gasteiger partial charge in [-0.05, 0) is 17.7 Å². The summed E-state index contributed by atoms with van der Waals surface area (Å²) in [6, 6.07) is 8.21. The summed E-state index contributed by atoms with van der Waals surface area (Å²) in [5.74, 6) is 0. The molecular formula is C10H15N3. The lowest BCUT2D eigenvalue weighted by atomic mass is 10.2. The van der Waals surface area contributed by atoms with Gasteiger partial charge in [0.15, 0.2) is 0 Å². The van der Waals surface area contributed by atoms with Gasteiger partial charge in [-0.3, -0.25) is 0 Å². The van der Waals surface area contributed by atoms with Crippen LogP contribution in [0.4, 0.5) is 5.69 Å². The Labute approximate surface area is 79.1 Å². The van der Waals surface area contributed by atoms with Crippen LogP contribution < -0.4 is 10.3 Å². The number of rotatable bonds is 3. The van der Waals surface area contributed by atoms with Crippen LogP contribution in [-0.4, -0.2) is 27.4 Å². The Morgan fingerprint density at radius 2 is 1.85 bits per heavy atom.